The van der Waals surface area contributed by atoms with Gasteiger partial charge in [0.05, 0.1) is 11.4 Å². The van der Waals surface area contributed by atoms with E-state index in [9.17, 15) is 28.8 Å². The second-order valence-electron chi connectivity index (χ2n) is 24.7. The summed E-state index contributed by atoms with van der Waals surface area (Å²) in [4.78, 5) is 93.3. The summed E-state index contributed by atoms with van der Waals surface area (Å²) in [6, 6.07) is 11.3. The van der Waals surface area contributed by atoms with Gasteiger partial charge in [0, 0.05) is 76.5 Å². The Morgan fingerprint density at radius 1 is 0.624 bits per heavy atom. The molecule has 21 nitrogen and oxygen atoms in total. The van der Waals surface area contributed by atoms with Gasteiger partial charge in [0.2, 0.25) is 17.8 Å². The summed E-state index contributed by atoms with van der Waals surface area (Å²) in [6.45, 7) is 10.0. The van der Waals surface area contributed by atoms with Gasteiger partial charge >= 0.3 is 41.5 Å². The van der Waals surface area contributed by atoms with Gasteiger partial charge in [-0.3, -0.25) is 24.1 Å². The van der Waals surface area contributed by atoms with Gasteiger partial charge in [0.1, 0.15) is 57.0 Å². The third-order valence-corrected chi connectivity index (χ3v) is 18.0. The zero-order valence-electron chi connectivity index (χ0n) is 49.5. The molecule has 3 N–H and O–H groups in total. The van der Waals surface area contributed by atoms with Crippen LogP contribution in [-0.4, -0.2) is 108 Å². The van der Waals surface area contributed by atoms with Crippen molar-refractivity contribution in [1.29, 1.82) is 0 Å². The molecule has 2 amide bonds. The van der Waals surface area contributed by atoms with E-state index in [1.807, 2.05) is 6.07 Å². The van der Waals surface area contributed by atoms with E-state index < -0.39 is 17.9 Å². The zero-order chi connectivity index (χ0) is 58.8. The number of aromatic nitrogens is 4. The topological polar surface area (TPSA) is 258 Å². The van der Waals surface area contributed by atoms with Crippen LogP contribution >= 0.6 is 0 Å². The second kappa shape index (κ2) is 29.0. The van der Waals surface area contributed by atoms with E-state index in [0.717, 1.165) is 147 Å². The van der Waals surface area contributed by atoms with E-state index in [1.165, 1.54) is 89.5 Å². The van der Waals surface area contributed by atoms with Crippen molar-refractivity contribution in [2.45, 2.75) is 143 Å². The summed E-state index contributed by atoms with van der Waals surface area (Å²) in [5.74, 6) is 8.32. The number of hydrogen-bond donors (Lipinski definition) is 3. The molecule has 0 spiro atoms. The van der Waals surface area contributed by atoms with Crippen molar-refractivity contribution < 1.29 is 91.7 Å². The summed E-state index contributed by atoms with van der Waals surface area (Å²) >= 11 is 0. The second-order valence-corrected chi connectivity index (χ2v) is 24.7. The van der Waals surface area contributed by atoms with Crippen LogP contribution in [0.25, 0.3) is 0 Å². The van der Waals surface area contributed by atoms with Gasteiger partial charge < -0.3 is 47.6 Å². The third kappa shape index (κ3) is 16.9. The number of nitrogens with one attached hydrogen (secondary N) is 3. The Morgan fingerprint density at radius 2 is 1.07 bits per heavy atom. The molecule has 2 aromatic carbocycles. The number of ether oxygens (including phenoxy) is 4. The molecule has 2 aromatic heterocycles. The largest absolute Gasteiger partial charge is 1.00 e. The average Bonchev–Trinajstić information content (AvgIpc) is 2.05. The smallest absolute Gasteiger partial charge is 0.793 e. The van der Waals surface area contributed by atoms with Gasteiger partial charge in [0.25, 0.3) is 0 Å². The molecular formula is C62H77BN8NaO13. The molecule has 0 saturated heterocycles. The molecule has 8 bridgehead atoms. The molecule has 23 heteroatoms. The number of benzene rings is 2. The molecule has 4 aromatic rings. The van der Waals surface area contributed by atoms with E-state index in [-0.39, 0.29) is 52.2 Å². The van der Waals surface area contributed by atoms with Crippen LogP contribution in [0, 0.1) is 46.3 Å². The molecule has 12 aliphatic rings. The molecule has 0 unspecified atom stereocenters. The van der Waals surface area contributed by atoms with Crippen LogP contribution in [0.1, 0.15) is 149 Å². The first-order valence-electron chi connectivity index (χ1n) is 29.7. The molecular weight excluding hydrogens is 1100 g/mol. The number of nitrogens with zero attached hydrogens (tertiary/aromatic N) is 5. The Hall–Kier alpha value is -6.20. The quantitative estimate of drug-likeness (QED) is 0.0867. The van der Waals surface area contributed by atoms with Gasteiger partial charge in [-0.15, -0.1) is 0 Å². The van der Waals surface area contributed by atoms with Crippen molar-refractivity contribution in [3.63, 3.8) is 0 Å². The molecule has 0 atom stereocenters. The predicted molar refractivity (Wildman–Crippen MR) is 306 cm³/mol. The van der Waals surface area contributed by atoms with Crippen molar-refractivity contribution in [3.8, 4) is 23.0 Å². The zero-order valence-corrected chi connectivity index (χ0v) is 51.5. The van der Waals surface area contributed by atoms with E-state index in [0.29, 0.717) is 56.3 Å². The van der Waals surface area contributed by atoms with Crippen molar-refractivity contribution in [2.75, 3.05) is 50.2 Å². The van der Waals surface area contributed by atoms with Gasteiger partial charge in [0.15, 0.2) is 23.0 Å². The van der Waals surface area contributed by atoms with Gasteiger partial charge in [-0.1, -0.05) is 6.07 Å². The number of carbonyl (C=O) groups is 6. The number of rotatable bonds is 9. The Balaban J connectivity index is 0.000000149. The summed E-state index contributed by atoms with van der Waals surface area (Å²) < 4.78 is 25.6. The molecule has 85 heavy (non-hydrogen) atoms. The number of aldehydes is 1. The maximum atomic E-state index is 13.2. The number of fused-ring (bicyclic) bond motifs is 4. The first kappa shape index (κ1) is 63.3. The van der Waals surface area contributed by atoms with Gasteiger partial charge in [-0.2, -0.15) is 0 Å². The maximum absolute atomic E-state index is 13.2. The Bertz CT molecular complexity index is 2980. The normalized spacial score (nSPS) is 26.0. The Morgan fingerprint density at radius 3 is 1.54 bits per heavy atom. The summed E-state index contributed by atoms with van der Waals surface area (Å²) in [5.41, 5.74) is 6.62. The predicted octanol–water partition coefficient (Wildman–Crippen LogP) is 4.95. The number of hydrogen-bond acceptors (Lipinski definition) is 19. The van der Waals surface area contributed by atoms with Gasteiger partial charge in [-0.05, 0) is 179 Å². The SMILES string of the molecule is CC(=O)OOC(C)=O.O=C(CC12CC3CC(CC(C3)C1)C2)Nc1ncnc2c1CCN(Cc1ccc3c(c1)OCCO3)C2.O=C(CC12CC3CC(CC(C3)C1)C2)Nc1ncnc2c1CCNC2.O=Cc1ccc2c(c1)OCCO2.[B-]OC(C)=O.[Na+]. The first-order valence-corrected chi connectivity index (χ1v) is 29.7. The van der Waals surface area contributed by atoms with Gasteiger partial charge in [-0.25, -0.2) is 39.3 Å². The minimum atomic E-state index is -0.639. The van der Waals surface area contributed by atoms with Crippen molar-refractivity contribution in [2.24, 2.45) is 46.3 Å². The van der Waals surface area contributed by atoms with Crippen molar-refractivity contribution >= 4 is 55.7 Å². The van der Waals surface area contributed by atoms with Crippen LogP contribution in [0.15, 0.2) is 49.1 Å². The molecule has 3 radical (unpaired) electrons. The van der Waals surface area contributed by atoms with E-state index >= 15 is 0 Å². The third-order valence-electron chi connectivity index (χ3n) is 18.0. The Kier molecular flexibility index (Phi) is 21.6. The molecule has 8 fully saturated rings. The van der Waals surface area contributed by atoms with Crippen LogP contribution in [0.2, 0.25) is 0 Å². The van der Waals surface area contributed by atoms with Crippen molar-refractivity contribution in [3.05, 3.63) is 82.7 Å². The average molecular weight is 1180 g/mol. The fraction of sp³-hybridized carbons (Fsp3) is 0.581. The van der Waals surface area contributed by atoms with Crippen LogP contribution in [0.3, 0.4) is 0 Å². The van der Waals surface area contributed by atoms with Crippen LogP contribution in [0.4, 0.5) is 11.6 Å². The Labute approximate surface area is 519 Å². The fourth-order valence-electron chi connectivity index (χ4n) is 15.8. The van der Waals surface area contributed by atoms with E-state index in [1.54, 1.807) is 30.9 Å². The van der Waals surface area contributed by atoms with Crippen LogP contribution < -0.4 is 64.5 Å². The number of amides is 2. The molecule has 4 aliphatic heterocycles. The standard InChI is InChI=1S/C28H34N4O3.C19H26N4O.C9H8O3.C4H6O4.C2H3BO2.Na/c33-26(14-28-11-19-7-20(12-28)9-21(8-19)13-28)31-27-22-3-4-32(16-23(22)29-17-30-27)15-18-1-2-24-25(10-18)35-6-5-34-24;24-17(23-18-15-1-2-20-10-16(15)21-11-22-18)9-19-6-12-3-13(7-19)5-14(4-12)8-19;10-6-7-1-2-8-9(5-7)12-4-3-11-8;1-3(5)7-8-4(2)6;1-2(4)5-3;/h1-2,10,17,19-21H,3-9,11-16H2,(H,29,30,31,33);11-14,20H,1-10H2,(H,21,22,23,24);1-2,5-6H,3-4H2;1-2H3;1H3;/q;;;;-1;+1. The van der Waals surface area contributed by atoms with Crippen LogP contribution in [0.5, 0.6) is 23.0 Å². The number of anilines is 2. The molecule has 447 valence electrons. The molecule has 16 rings (SSSR count). The van der Waals surface area contributed by atoms with Crippen molar-refractivity contribution in [1.82, 2.24) is 30.2 Å². The van der Waals surface area contributed by atoms with E-state index in [2.05, 4.69) is 75.4 Å². The summed E-state index contributed by atoms with van der Waals surface area (Å²) in [6.07, 6.45) is 23.1. The fourth-order valence-corrected chi connectivity index (χ4v) is 15.8. The molecule has 6 heterocycles. The minimum absolute atomic E-state index is 0. The monoisotopic (exact) mass is 1180 g/mol. The summed E-state index contributed by atoms with van der Waals surface area (Å²) in [7, 11) is 4.32. The molecule has 8 saturated carbocycles. The maximum Gasteiger partial charge on any atom is 1.00 e. The minimum Gasteiger partial charge on any atom is -0.793 e. The summed E-state index contributed by atoms with van der Waals surface area (Å²) in [5, 5.41) is 9.65. The van der Waals surface area contributed by atoms with E-state index in [4.69, 9.17) is 18.9 Å². The number of carbonyl (C=O) groups excluding carboxylic acids is 6. The molecule has 8 aliphatic carbocycles. The van der Waals surface area contributed by atoms with Crippen LogP contribution in [-0.2, 0) is 70.9 Å². The first-order chi connectivity index (χ1) is 40.6.